The number of aryl methyl sites for hydroxylation is 1. The van der Waals surface area contributed by atoms with Gasteiger partial charge in [-0.15, -0.1) is 12.4 Å². The fraction of sp³-hybridized carbons (Fsp3) is 0.588. The highest BCUT2D eigenvalue weighted by molar-refractivity contribution is 5.85. The number of piperidine rings is 1. The maximum atomic E-state index is 13.0. The van der Waals surface area contributed by atoms with Gasteiger partial charge in [-0.05, 0) is 49.7 Å². The van der Waals surface area contributed by atoms with Gasteiger partial charge in [0.25, 0.3) is 0 Å². The van der Waals surface area contributed by atoms with Crippen LogP contribution in [0.4, 0.5) is 0 Å². The number of hydrogen-bond acceptors (Lipinski definition) is 2. The maximum Gasteiger partial charge on any atom is 0.230 e. The quantitative estimate of drug-likeness (QED) is 0.913. The zero-order valence-electron chi connectivity index (χ0n) is 12.5. The Morgan fingerprint density at radius 1 is 1.19 bits per heavy atom. The lowest BCUT2D eigenvalue weighted by Crippen LogP contribution is -2.49. The summed E-state index contributed by atoms with van der Waals surface area (Å²) in [5.74, 6) is 0.374. The lowest BCUT2D eigenvalue weighted by molar-refractivity contribution is -0.136. The molecule has 0 spiro atoms. The van der Waals surface area contributed by atoms with E-state index in [-0.39, 0.29) is 24.4 Å². The van der Waals surface area contributed by atoms with Crippen molar-refractivity contribution in [2.45, 2.75) is 50.5 Å². The van der Waals surface area contributed by atoms with Crippen LogP contribution >= 0.6 is 12.4 Å². The van der Waals surface area contributed by atoms with Gasteiger partial charge in [-0.25, -0.2) is 0 Å². The third kappa shape index (κ3) is 3.24. The highest BCUT2D eigenvalue weighted by Gasteiger charge is 2.33. The van der Waals surface area contributed by atoms with Crippen molar-refractivity contribution in [2.24, 2.45) is 5.73 Å². The molecular weight excluding hydrogens is 284 g/mol. The van der Waals surface area contributed by atoms with Crippen molar-refractivity contribution in [2.75, 3.05) is 13.1 Å². The lowest BCUT2D eigenvalue weighted by Gasteiger charge is -2.38. The van der Waals surface area contributed by atoms with Gasteiger partial charge >= 0.3 is 0 Å². The van der Waals surface area contributed by atoms with Crippen LogP contribution in [0.5, 0.6) is 0 Å². The molecule has 1 aromatic rings. The normalized spacial score (nSPS) is 24.9. The summed E-state index contributed by atoms with van der Waals surface area (Å²) in [4.78, 5) is 15.0. The van der Waals surface area contributed by atoms with Crippen LogP contribution in [-0.2, 0) is 11.2 Å². The van der Waals surface area contributed by atoms with E-state index in [9.17, 15) is 4.79 Å². The van der Waals surface area contributed by atoms with E-state index in [1.54, 1.807) is 0 Å². The molecule has 21 heavy (non-hydrogen) atoms. The van der Waals surface area contributed by atoms with Crippen molar-refractivity contribution >= 4 is 18.3 Å². The van der Waals surface area contributed by atoms with E-state index < -0.39 is 0 Å². The molecule has 116 valence electrons. The van der Waals surface area contributed by atoms with Crippen molar-refractivity contribution in [3.63, 3.8) is 0 Å². The number of nitrogens with two attached hydrogens (primary N) is 1. The maximum absolute atomic E-state index is 13.0. The Labute approximate surface area is 133 Å². The van der Waals surface area contributed by atoms with Gasteiger partial charge in [-0.1, -0.05) is 24.3 Å². The number of hydrogen-bond donors (Lipinski definition) is 1. The summed E-state index contributed by atoms with van der Waals surface area (Å²) in [6.45, 7) is 1.49. The van der Waals surface area contributed by atoms with Crippen molar-refractivity contribution in [1.29, 1.82) is 0 Å². The molecule has 1 saturated heterocycles. The highest BCUT2D eigenvalue weighted by Crippen LogP contribution is 2.34. The molecule has 0 bridgehead atoms. The summed E-state index contributed by atoms with van der Waals surface area (Å²) in [6.07, 6.45) is 6.61. The standard InChI is InChI=1S/C17H24N2O.ClH/c18-12-14-8-3-4-11-19(14)17(20)16-10-5-7-13-6-1-2-9-15(13)16;/h1-2,6,9,14,16H,3-5,7-8,10-12,18H2;1H. The van der Waals surface area contributed by atoms with Gasteiger partial charge in [0, 0.05) is 19.1 Å². The second-order valence-corrected chi connectivity index (χ2v) is 6.06. The van der Waals surface area contributed by atoms with Gasteiger partial charge in [0.05, 0.1) is 5.92 Å². The molecule has 0 saturated carbocycles. The van der Waals surface area contributed by atoms with E-state index in [1.165, 1.54) is 17.5 Å². The Kier molecular flexibility index (Phi) is 5.65. The number of nitrogens with zero attached hydrogens (tertiary/aromatic N) is 1. The molecule has 2 aliphatic rings. The Morgan fingerprint density at radius 2 is 2.00 bits per heavy atom. The van der Waals surface area contributed by atoms with Gasteiger partial charge in [-0.2, -0.15) is 0 Å². The van der Waals surface area contributed by atoms with Crippen LogP contribution in [0.2, 0.25) is 0 Å². The van der Waals surface area contributed by atoms with E-state index >= 15 is 0 Å². The molecule has 1 aromatic carbocycles. The van der Waals surface area contributed by atoms with Crippen molar-refractivity contribution in [3.8, 4) is 0 Å². The highest BCUT2D eigenvalue weighted by atomic mass is 35.5. The van der Waals surface area contributed by atoms with Crippen molar-refractivity contribution < 1.29 is 4.79 Å². The fourth-order valence-electron chi connectivity index (χ4n) is 3.75. The second kappa shape index (κ2) is 7.28. The molecule has 1 fully saturated rings. The molecule has 2 atom stereocenters. The minimum atomic E-state index is 0. The average Bonchev–Trinajstić information content (AvgIpc) is 2.53. The number of benzene rings is 1. The molecular formula is C17H25ClN2O. The van der Waals surface area contributed by atoms with Gasteiger partial charge in [0.1, 0.15) is 0 Å². The number of rotatable bonds is 2. The second-order valence-electron chi connectivity index (χ2n) is 6.06. The molecule has 1 amide bonds. The molecule has 2 unspecified atom stereocenters. The van der Waals surface area contributed by atoms with Gasteiger partial charge < -0.3 is 10.6 Å². The number of amides is 1. The van der Waals surface area contributed by atoms with E-state index in [4.69, 9.17) is 5.73 Å². The molecule has 3 nitrogen and oxygen atoms in total. The number of carbonyl (C=O) groups is 1. The zero-order valence-corrected chi connectivity index (χ0v) is 13.3. The Balaban J connectivity index is 0.00000161. The van der Waals surface area contributed by atoms with Crippen LogP contribution in [0.15, 0.2) is 24.3 Å². The summed E-state index contributed by atoms with van der Waals surface area (Å²) >= 11 is 0. The summed E-state index contributed by atoms with van der Waals surface area (Å²) < 4.78 is 0. The van der Waals surface area contributed by atoms with Crippen LogP contribution in [0.1, 0.15) is 49.1 Å². The first-order valence-corrected chi connectivity index (χ1v) is 7.89. The predicted octanol–water partition coefficient (Wildman–Crippen LogP) is 2.87. The van der Waals surface area contributed by atoms with Gasteiger partial charge in [0.15, 0.2) is 0 Å². The first-order valence-electron chi connectivity index (χ1n) is 7.89. The Morgan fingerprint density at radius 3 is 2.81 bits per heavy atom. The van der Waals surface area contributed by atoms with Gasteiger partial charge in [0.2, 0.25) is 5.91 Å². The SMILES string of the molecule is Cl.NCC1CCCCN1C(=O)C1CCCc2ccccc21. The monoisotopic (exact) mass is 308 g/mol. The topological polar surface area (TPSA) is 46.3 Å². The van der Waals surface area contributed by atoms with E-state index in [1.807, 2.05) is 0 Å². The summed E-state index contributed by atoms with van der Waals surface area (Å²) in [5.41, 5.74) is 8.48. The molecule has 1 heterocycles. The molecule has 1 aliphatic carbocycles. The average molecular weight is 309 g/mol. The van der Waals surface area contributed by atoms with Crippen LogP contribution in [0.3, 0.4) is 0 Å². The van der Waals surface area contributed by atoms with Crippen LogP contribution < -0.4 is 5.73 Å². The molecule has 3 rings (SSSR count). The van der Waals surface area contributed by atoms with Crippen molar-refractivity contribution in [3.05, 3.63) is 35.4 Å². The van der Waals surface area contributed by atoms with E-state index in [0.717, 1.165) is 38.6 Å². The van der Waals surface area contributed by atoms with Crippen LogP contribution in [0.25, 0.3) is 0 Å². The minimum Gasteiger partial charge on any atom is -0.338 e. The van der Waals surface area contributed by atoms with E-state index in [2.05, 4.69) is 29.2 Å². The Bertz CT molecular complexity index is 491. The predicted molar refractivity (Wildman–Crippen MR) is 87.8 cm³/mol. The Hall–Kier alpha value is -1.06. The largest absolute Gasteiger partial charge is 0.338 e. The van der Waals surface area contributed by atoms with Crippen LogP contribution in [0, 0.1) is 0 Å². The van der Waals surface area contributed by atoms with E-state index in [0.29, 0.717) is 12.5 Å². The summed E-state index contributed by atoms with van der Waals surface area (Å²) in [6, 6.07) is 8.70. The number of likely N-dealkylation sites (tertiary alicyclic amines) is 1. The number of fused-ring (bicyclic) bond motifs is 1. The molecule has 0 aromatic heterocycles. The first kappa shape index (κ1) is 16.3. The lowest BCUT2D eigenvalue weighted by atomic mass is 9.81. The molecule has 0 radical (unpaired) electrons. The minimum absolute atomic E-state index is 0. The number of halogens is 1. The molecule has 1 aliphatic heterocycles. The van der Waals surface area contributed by atoms with Crippen molar-refractivity contribution in [1.82, 2.24) is 4.90 Å². The number of carbonyl (C=O) groups excluding carboxylic acids is 1. The smallest absolute Gasteiger partial charge is 0.230 e. The third-order valence-corrected chi connectivity index (χ3v) is 4.85. The zero-order chi connectivity index (χ0) is 13.9. The van der Waals surface area contributed by atoms with Crippen LogP contribution in [-0.4, -0.2) is 29.9 Å². The summed E-state index contributed by atoms with van der Waals surface area (Å²) in [7, 11) is 0. The fourth-order valence-corrected chi connectivity index (χ4v) is 3.75. The first-order chi connectivity index (χ1) is 9.81. The summed E-state index contributed by atoms with van der Waals surface area (Å²) in [5, 5.41) is 0. The van der Waals surface area contributed by atoms with Gasteiger partial charge in [-0.3, -0.25) is 4.79 Å². The molecule has 2 N–H and O–H groups in total. The third-order valence-electron chi connectivity index (χ3n) is 4.85. The molecule has 4 heteroatoms.